The second kappa shape index (κ2) is 38.9. The average molecular weight is 1700 g/mol. The lowest BCUT2D eigenvalue weighted by Crippen LogP contribution is -2.32. The van der Waals surface area contributed by atoms with E-state index < -0.39 is 11.9 Å². The number of likely N-dealkylation sites (N-methyl/N-ethyl adjacent to an activating group) is 1. The first-order chi connectivity index (χ1) is 58.3. The van der Waals surface area contributed by atoms with Gasteiger partial charge in [-0.2, -0.15) is 0 Å². The molecule has 0 unspecified atom stereocenters. The molecule has 0 fully saturated rings. The second-order valence-electron chi connectivity index (χ2n) is 42.0. The molecule has 3 amide bonds. The number of nitrogens with zero attached hydrogens (tertiary/aromatic N) is 2. The van der Waals surface area contributed by atoms with Gasteiger partial charge in [0, 0.05) is 66.1 Å². The van der Waals surface area contributed by atoms with Gasteiger partial charge in [-0.25, -0.2) is 14.6 Å². The standard InChI is InChI=1S/2C15H16O3.C14H19NO.C14H16O.C13H16N2.C13H17NO.C13H16O2.C12H15NO/c1-15(2,3)10-6-4-9-5-7-11(14(17)18)13(16)12(9)8-10;1-15(2,3)11-5-4-9-6-10(14(17)18)7-13(16)12(9)8-11;1-14(2,3)12-6-5-10-8-13(16)15(4)9-11(10)7-12;1-14(2,3)11-8-7-10-5-4-6-13(15)12(10)9-11;1-13(2,3)10-4-5-11-9(8-10)6-7-15-12(11)14;1-13(2,3)11-5-4-9-7-12(15)14-8-10(9)6-11;1-13(2,3)11-5-4-9-7-12(14)15-8-10(9)6-11;1-12(2,3)9-5-4-8-6-11(14)13-10(8)7-9/h4,6-8H,5H2,1-3H3,(H,17,18);4-5,7-8H,6H2,1-3H3,(H,17,18);5-7H,8-9H2,1-4H3;4,6-9H,5H2,1-3H3;4-8H,1-3H3,(H2,14,15);4-6H,7-8H2,1-3H3,(H,14,15);4-6H,7-8H2,1-3H3;4-5,7H,6H2,1-3H3,(H,13,14). The molecule has 0 atom stereocenters. The van der Waals surface area contributed by atoms with Gasteiger partial charge in [0.25, 0.3) is 0 Å². The number of hydrogen-bond acceptors (Lipinski definition) is 12. The first-order valence-electron chi connectivity index (χ1n) is 43.5. The zero-order valence-corrected chi connectivity index (χ0v) is 78.8. The van der Waals surface area contributed by atoms with E-state index in [0.717, 1.165) is 79.5 Å². The van der Waals surface area contributed by atoms with Crippen molar-refractivity contribution in [2.45, 2.75) is 274 Å². The maximum Gasteiger partial charge on any atom is 0.339 e. The number of esters is 1. The van der Waals surface area contributed by atoms with Gasteiger partial charge in [-0.1, -0.05) is 300 Å². The number of cyclic esters (lactones) is 1. The summed E-state index contributed by atoms with van der Waals surface area (Å²) in [6.45, 7) is 53.7. The quantitative estimate of drug-likeness (QED) is 0.0796. The molecule has 0 radical (unpaired) electrons. The number of carboxylic acid groups (broad SMARTS) is 2. The predicted molar refractivity (Wildman–Crippen MR) is 507 cm³/mol. The Kier molecular flexibility index (Phi) is 30.2. The lowest BCUT2D eigenvalue weighted by Gasteiger charge is -2.27. The molecule has 6 N–H and O–H groups in total. The Hall–Kier alpha value is -12.0. The number of pyridine rings is 1. The molecule has 8 aromatic carbocycles. The number of ketones is 3. The number of carbonyl (C=O) groups excluding carboxylic acids is 7. The lowest BCUT2D eigenvalue weighted by atomic mass is 9.82. The number of carboxylic acids is 2. The van der Waals surface area contributed by atoms with Crippen LogP contribution < -0.4 is 16.4 Å². The first kappa shape index (κ1) is 97.8. The number of benzene rings is 8. The number of carbonyl (C=O) groups is 9. The molecule has 126 heavy (non-hydrogen) atoms. The summed E-state index contributed by atoms with van der Waals surface area (Å²) in [4.78, 5) is 108. The van der Waals surface area contributed by atoms with Gasteiger partial charge >= 0.3 is 17.9 Å². The Bertz CT molecular complexity index is 5710. The SMILES string of the molecule is CC(C)(C)c1ccc2c(N)nccc2c1.CC(C)(C)c1ccc2c(c1)C(=O)C(C(=O)O)=CC2.CC(C)(C)c1ccc2c(c1)C(=O)C=C(C(=O)O)C2.CC(C)(C)c1ccc2c(c1)C(=O)C=CC2.CC(C)(C)c1ccc2c(c1)CNC(=O)C2.CC(C)(C)c1ccc2c(c1)COC(=O)C2.CC(C)(C)c1ccc2c(c1)NC(=O)C2.CN1Cc2cc(C(C)(C)C)ccc2CC1=O. The molecule has 0 saturated heterocycles. The third kappa shape index (κ3) is 25.9. The van der Waals surface area contributed by atoms with Crippen LogP contribution in [0, 0.1) is 0 Å². The number of fused-ring (bicyclic) bond motifs is 8. The molecule has 0 bridgehead atoms. The maximum atomic E-state index is 12.1. The van der Waals surface area contributed by atoms with Crippen molar-refractivity contribution in [2.75, 3.05) is 18.1 Å². The highest BCUT2D eigenvalue weighted by Crippen LogP contribution is 2.37. The third-order valence-electron chi connectivity index (χ3n) is 23.5. The van der Waals surface area contributed by atoms with E-state index in [2.05, 4.69) is 279 Å². The highest BCUT2D eigenvalue weighted by atomic mass is 16.5. The van der Waals surface area contributed by atoms with Gasteiger partial charge in [-0.05, 0) is 204 Å². The number of nitrogens with two attached hydrogens (primary N) is 1. The van der Waals surface area contributed by atoms with Gasteiger partial charge in [-0.15, -0.1) is 0 Å². The Morgan fingerprint density at radius 2 is 0.833 bits per heavy atom. The van der Waals surface area contributed by atoms with Crippen LogP contribution in [0.4, 0.5) is 11.5 Å². The number of Topliss-reactive ketones (excluding diaryl/α,β-unsaturated/α-hetero) is 1. The van der Waals surface area contributed by atoms with Crippen molar-refractivity contribution >= 4 is 75.3 Å². The summed E-state index contributed by atoms with van der Waals surface area (Å²) in [5.74, 6) is -1.68. The Balaban J connectivity index is 0.000000163. The smallest absolute Gasteiger partial charge is 0.339 e. The molecule has 5 heterocycles. The van der Waals surface area contributed by atoms with Crippen LogP contribution in [0.1, 0.15) is 297 Å². The van der Waals surface area contributed by atoms with Gasteiger partial charge in [0.1, 0.15) is 18.0 Å². The number of amides is 3. The van der Waals surface area contributed by atoms with E-state index in [1.807, 2.05) is 67.7 Å². The minimum atomic E-state index is -1.15. The van der Waals surface area contributed by atoms with Crippen molar-refractivity contribution in [1.29, 1.82) is 0 Å². The van der Waals surface area contributed by atoms with Crippen molar-refractivity contribution in [2.24, 2.45) is 0 Å². The van der Waals surface area contributed by atoms with Crippen molar-refractivity contribution < 1.29 is 58.1 Å². The summed E-state index contributed by atoms with van der Waals surface area (Å²) in [6, 6.07) is 51.6. The number of ether oxygens (including phenoxy) is 1. The average Bonchev–Trinajstić information content (AvgIpc) is 1.11. The van der Waals surface area contributed by atoms with Gasteiger partial charge in [-0.3, -0.25) is 33.6 Å². The highest BCUT2D eigenvalue weighted by Gasteiger charge is 2.31. The van der Waals surface area contributed by atoms with E-state index in [9.17, 15) is 43.2 Å². The van der Waals surface area contributed by atoms with Crippen LogP contribution in [-0.2, 0) is 141 Å². The van der Waals surface area contributed by atoms with E-state index >= 15 is 0 Å². The van der Waals surface area contributed by atoms with Gasteiger partial charge in [0.05, 0.1) is 25.7 Å². The number of nitrogen functional groups attached to an aromatic ring is 1. The molecule has 17 heteroatoms. The monoisotopic (exact) mass is 1700 g/mol. The van der Waals surface area contributed by atoms with Crippen molar-refractivity contribution in [3.8, 4) is 0 Å². The first-order valence-corrected chi connectivity index (χ1v) is 43.5. The fourth-order valence-electron chi connectivity index (χ4n) is 15.0. The van der Waals surface area contributed by atoms with E-state index in [0.29, 0.717) is 68.6 Å². The topological polar surface area (TPSA) is 270 Å². The van der Waals surface area contributed by atoms with Crippen LogP contribution in [0.5, 0.6) is 0 Å². The Morgan fingerprint density at radius 3 is 1.35 bits per heavy atom. The highest BCUT2D eigenvalue weighted by molar-refractivity contribution is 6.25. The minimum Gasteiger partial charge on any atom is -0.478 e. The fraction of sp³-hybridized carbons (Fsp3) is 0.394. The summed E-state index contributed by atoms with van der Waals surface area (Å²) in [5.41, 5.74) is 30.8. The van der Waals surface area contributed by atoms with Crippen molar-refractivity contribution in [3.05, 3.63) is 310 Å². The number of allylic oxidation sites excluding steroid dienone is 4. The predicted octanol–water partition coefficient (Wildman–Crippen LogP) is 21.6. The Labute approximate surface area is 746 Å². The van der Waals surface area contributed by atoms with E-state index in [-0.39, 0.29) is 95.5 Å². The number of aromatic nitrogens is 1. The molecule has 3 aliphatic carbocycles. The molecular formula is C109H131N5O12. The number of rotatable bonds is 2. The molecule has 0 spiro atoms. The third-order valence-corrected chi connectivity index (χ3v) is 23.5. The van der Waals surface area contributed by atoms with Crippen LogP contribution in [0.25, 0.3) is 10.8 Å². The number of anilines is 2. The van der Waals surface area contributed by atoms with E-state index in [1.54, 1.807) is 17.2 Å². The van der Waals surface area contributed by atoms with E-state index in [4.69, 9.17) is 20.7 Å². The normalized spacial score (nSPS) is 15.1. The molecule has 0 saturated carbocycles. The minimum absolute atomic E-state index is 0.0217. The van der Waals surface area contributed by atoms with Crippen LogP contribution in [-0.4, -0.2) is 80.1 Å². The number of aliphatic carboxylic acids is 2. The second-order valence-corrected chi connectivity index (χ2v) is 42.0. The lowest BCUT2D eigenvalue weighted by molar-refractivity contribution is -0.145. The molecule has 1 aromatic heterocycles. The largest absolute Gasteiger partial charge is 0.478 e. The van der Waals surface area contributed by atoms with Crippen LogP contribution >= 0.6 is 0 Å². The van der Waals surface area contributed by atoms with Gasteiger partial charge < -0.3 is 36.2 Å². The summed E-state index contributed by atoms with van der Waals surface area (Å²) < 4.78 is 5.03. The zero-order valence-electron chi connectivity index (χ0n) is 78.8. The van der Waals surface area contributed by atoms with Crippen molar-refractivity contribution in [1.82, 2.24) is 15.2 Å². The number of nitrogens with one attached hydrogen (secondary N) is 2. The van der Waals surface area contributed by atoms with Gasteiger partial charge in [0.2, 0.25) is 17.7 Å². The molecule has 9 aromatic rings. The summed E-state index contributed by atoms with van der Waals surface area (Å²) in [5, 5.41) is 25.9. The Morgan fingerprint density at radius 1 is 0.413 bits per heavy atom. The van der Waals surface area contributed by atoms with Gasteiger partial charge in [0.15, 0.2) is 17.3 Å². The van der Waals surface area contributed by atoms with Crippen LogP contribution in [0.2, 0.25) is 0 Å². The zero-order chi connectivity index (χ0) is 93.5. The summed E-state index contributed by atoms with van der Waals surface area (Å²) in [6.07, 6.45) is 11.8. The van der Waals surface area contributed by atoms with Crippen LogP contribution in [0.15, 0.2) is 193 Å². The molecule has 17 nitrogen and oxygen atoms in total. The molecule has 16 rings (SSSR count). The number of hydrogen-bond donors (Lipinski definition) is 5. The van der Waals surface area contributed by atoms with E-state index in [1.165, 1.54) is 67.8 Å². The fourth-order valence-corrected chi connectivity index (χ4v) is 15.0. The van der Waals surface area contributed by atoms with Crippen LogP contribution in [0.3, 0.4) is 0 Å². The molecular weight excluding hydrogens is 1570 g/mol. The summed E-state index contributed by atoms with van der Waals surface area (Å²) >= 11 is 0. The maximum absolute atomic E-state index is 12.1. The molecule has 4 aliphatic heterocycles. The summed E-state index contributed by atoms with van der Waals surface area (Å²) in [7, 11) is 1.87. The van der Waals surface area contributed by atoms with Crippen molar-refractivity contribution in [3.63, 3.8) is 0 Å². The molecule has 7 aliphatic rings. The molecule has 664 valence electrons.